The van der Waals surface area contributed by atoms with Crippen LogP contribution in [0, 0.1) is 13.8 Å². The number of nitrogens with one attached hydrogen (secondary N) is 3. The molecule has 0 fully saturated rings. The third-order valence-corrected chi connectivity index (χ3v) is 29.3. The van der Waals surface area contributed by atoms with Gasteiger partial charge in [0, 0.05) is 106 Å². The van der Waals surface area contributed by atoms with Gasteiger partial charge in [0.2, 0.25) is 5.91 Å². The van der Waals surface area contributed by atoms with Crippen molar-refractivity contribution in [3.63, 3.8) is 0 Å². The van der Waals surface area contributed by atoms with Gasteiger partial charge in [-0.05, 0) is 243 Å². The summed E-state index contributed by atoms with van der Waals surface area (Å²) in [5.41, 5.74) is 18.0. The first-order chi connectivity index (χ1) is 65.7. The lowest BCUT2D eigenvalue weighted by Crippen LogP contribution is -2.48. The van der Waals surface area contributed by atoms with Crippen molar-refractivity contribution in [2.24, 2.45) is 0 Å². The number of hydrogen-bond acceptors (Lipinski definition) is 24. The third kappa shape index (κ3) is 21.6. The number of benzene rings is 10. The summed E-state index contributed by atoms with van der Waals surface area (Å²) >= 11 is 9.53. The molecule has 0 saturated carbocycles. The Kier molecular flexibility index (Phi) is 28.7. The number of aryl methyl sites for hydroxylation is 3. The monoisotopic (exact) mass is 1940 g/mol. The molecule has 28 nitrogen and oxygen atoms in total. The van der Waals surface area contributed by atoms with Crippen LogP contribution in [0.1, 0.15) is 155 Å². The van der Waals surface area contributed by atoms with Crippen molar-refractivity contribution >= 4 is 121 Å². The van der Waals surface area contributed by atoms with E-state index in [1.165, 1.54) is 19.8 Å². The zero-order chi connectivity index (χ0) is 96.5. The summed E-state index contributed by atoms with van der Waals surface area (Å²) in [6, 6.07) is 55.3. The van der Waals surface area contributed by atoms with Crippen LogP contribution in [0.25, 0.3) is 0 Å². The molecule has 8 aliphatic rings. The minimum Gasteiger partial charge on any atom is -0.493 e. The number of ether oxygens (including phenoxy) is 9. The topological polar surface area (TPSA) is 318 Å². The van der Waals surface area contributed by atoms with Crippen molar-refractivity contribution < 1.29 is 92.2 Å². The highest BCUT2D eigenvalue weighted by Crippen LogP contribution is 2.48. The molecule has 10 aromatic carbocycles. The fourth-order valence-corrected chi connectivity index (χ4v) is 22.2. The maximum atomic E-state index is 14.4. The number of rotatable bonds is 34. The van der Waals surface area contributed by atoms with E-state index >= 15 is 0 Å². The SMILES string of the molecule is COCCOCCOCCN(CC(C)(C)S)c1cc(COc2cc3c(cc2C)C(=O)N2c4ccccc4C[C@H]2CC3)cc(COc2cc3c(cc2OC)C(=O)N2c4ccccc4C[C@H]2C(CS(=O)(=O)O)N3)c1.COc1cc2c(cc1OCc1cc(COc3cc4c(cc3C)C(=O)N3c5ccccc5C[C@H]3C(S(=O)(=O)OC)C4)cc(NC(=O)CCC(C)(C)S)c1)NC[C@@H]1Cc3ccccc3N1C2=O. The van der Waals surface area contributed by atoms with E-state index in [4.69, 9.17) is 59.4 Å². The van der Waals surface area contributed by atoms with Crippen LogP contribution in [-0.2, 0) is 108 Å². The first-order valence-electron chi connectivity index (χ1n) is 46.2. The molecule has 0 aliphatic carbocycles. The molecule has 32 heteroatoms. The summed E-state index contributed by atoms with van der Waals surface area (Å²) in [5, 5.41) is 8.80. The molecular weight excluding hydrogens is 1820 g/mol. The van der Waals surface area contributed by atoms with Gasteiger partial charge in [0.05, 0.1) is 107 Å². The van der Waals surface area contributed by atoms with Gasteiger partial charge in [-0.1, -0.05) is 86.6 Å². The van der Waals surface area contributed by atoms with Crippen LogP contribution in [0.2, 0.25) is 0 Å². The number of anilines is 8. The van der Waals surface area contributed by atoms with E-state index in [9.17, 15) is 45.4 Å². The minimum absolute atomic E-state index is 0.0248. The number of fused-ring (bicyclic) bond motifs is 16. The molecule has 0 bridgehead atoms. The number of thiol groups is 2. The molecule has 18 rings (SSSR count). The van der Waals surface area contributed by atoms with E-state index < -0.39 is 49.4 Å². The van der Waals surface area contributed by atoms with E-state index in [-0.39, 0.29) is 95.9 Å². The summed E-state index contributed by atoms with van der Waals surface area (Å²) in [4.78, 5) is 79.5. The Morgan fingerprint density at radius 3 is 1.50 bits per heavy atom. The Bertz CT molecular complexity index is 6540. The fourth-order valence-electron chi connectivity index (χ4n) is 20.0. The van der Waals surface area contributed by atoms with Crippen molar-refractivity contribution in [2.45, 2.75) is 171 Å². The molecule has 720 valence electrons. The number of para-hydroxylation sites is 4. The predicted octanol–water partition coefficient (Wildman–Crippen LogP) is 16.2. The molecule has 0 spiro atoms. The molecule has 8 aliphatic heterocycles. The lowest BCUT2D eigenvalue weighted by molar-refractivity contribution is -0.116. The molecule has 10 aromatic rings. The summed E-state index contributed by atoms with van der Waals surface area (Å²) in [6.45, 7) is 16.3. The normalized spacial score (nSPS) is 18.2. The number of carbonyl (C=O) groups excluding carboxylic acids is 5. The Morgan fingerprint density at radius 2 is 0.949 bits per heavy atom. The van der Waals surface area contributed by atoms with Crippen LogP contribution in [-0.4, -0.2) is 183 Å². The van der Waals surface area contributed by atoms with Gasteiger partial charge in [-0.2, -0.15) is 42.1 Å². The Morgan fingerprint density at radius 1 is 0.489 bits per heavy atom. The first-order valence-corrected chi connectivity index (χ1v) is 50.2. The highest BCUT2D eigenvalue weighted by Gasteiger charge is 2.49. The zero-order valence-electron chi connectivity index (χ0n) is 78.5. The molecule has 6 atom stereocenters. The second-order valence-electron chi connectivity index (χ2n) is 37.5. The molecule has 0 radical (unpaired) electrons. The Balaban J connectivity index is 0.000000191. The van der Waals surface area contributed by atoms with Crippen LogP contribution in [0.4, 0.5) is 45.5 Å². The first kappa shape index (κ1) is 96.8. The molecule has 4 N–H and O–H groups in total. The standard InChI is InChI=1S/C55H64N4O11S2.C50H52N4O9S2/c1-35-22-43-38(14-15-41-26-39-10-6-8-12-47(39)58(41)53(43)60)28-50(35)69-31-36-23-37(25-42(24-36)57(34-55(2,3)71)16-17-67-20-21-68-19-18-65-4)32-70-52-30-45-44(29-51(52)66-5)54(61)59-48-13-9-7-11-40(48)27-49(59)46(56-45)33-72(62,63)64;1-29-16-37-34(23-46(65(58,59)61-5)42-21-33-11-7-9-13-41(33)54(42)48(37)56)22-43(29)62-27-30-17-31(19-35(18-30)52-47(55)14-15-50(2,3)64)28-63-45-25-39-38(24-44(45)60-4)49(57)53-36(26-51-39)20-32-10-6-8-12-40(32)53/h6-13,22-25,28-30,41,46,49,56,71H,14-21,26-27,31-34H2,1-5H3,(H,62,63,64);6-13,16-19,22,24-25,36,42,46,51,64H,14-15,20-21,23,26-28H2,1-5H3,(H,52,55)/t41-,46?,49+;36-,42-,46?/m10/s1. The van der Waals surface area contributed by atoms with Crippen molar-refractivity contribution in [1.82, 2.24) is 0 Å². The highest BCUT2D eigenvalue weighted by molar-refractivity contribution is 7.87. The Labute approximate surface area is 810 Å². The van der Waals surface area contributed by atoms with Crippen molar-refractivity contribution in [3.05, 3.63) is 271 Å². The minimum atomic E-state index is -4.45. The molecule has 5 amide bonds. The maximum Gasteiger partial charge on any atom is 0.272 e. The third-order valence-electron chi connectivity index (χ3n) is 26.5. The molecule has 2 unspecified atom stereocenters. The smallest absolute Gasteiger partial charge is 0.272 e. The van der Waals surface area contributed by atoms with Crippen LogP contribution in [0.3, 0.4) is 0 Å². The number of carbonyl (C=O) groups is 5. The summed E-state index contributed by atoms with van der Waals surface area (Å²) < 4.78 is 121. The molecule has 0 aromatic heterocycles. The second-order valence-corrected chi connectivity index (χ2v) is 43.3. The van der Waals surface area contributed by atoms with Crippen LogP contribution in [0.15, 0.2) is 182 Å². The number of amides is 5. The van der Waals surface area contributed by atoms with E-state index in [0.717, 1.165) is 99.9 Å². The Hall–Kier alpha value is -11.9. The average molecular weight is 1940 g/mol. The second kappa shape index (κ2) is 40.7. The van der Waals surface area contributed by atoms with Gasteiger partial charge in [-0.3, -0.25) is 32.7 Å². The van der Waals surface area contributed by atoms with E-state index in [0.29, 0.717) is 163 Å². The van der Waals surface area contributed by atoms with E-state index in [1.54, 1.807) is 53.3 Å². The van der Waals surface area contributed by atoms with Crippen LogP contribution in [0.5, 0.6) is 34.5 Å². The van der Waals surface area contributed by atoms with Gasteiger partial charge in [0.15, 0.2) is 23.0 Å². The van der Waals surface area contributed by atoms with E-state index in [2.05, 4.69) is 71.6 Å². The lowest BCUT2D eigenvalue weighted by atomic mass is 9.97. The fraction of sp³-hybridized carbons (Fsp3) is 0.381. The van der Waals surface area contributed by atoms with Crippen molar-refractivity contribution in [2.75, 3.05) is 127 Å². The lowest BCUT2D eigenvalue weighted by Gasteiger charge is -2.32. The largest absolute Gasteiger partial charge is 0.493 e. The van der Waals surface area contributed by atoms with Gasteiger partial charge in [-0.15, -0.1) is 0 Å². The highest BCUT2D eigenvalue weighted by atomic mass is 32.2. The predicted molar refractivity (Wildman–Crippen MR) is 535 cm³/mol. The maximum absolute atomic E-state index is 14.4. The molecule has 137 heavy (non-hydrogen) atoms. The summed E-state index contributed by atoms with van der Waals surface area (Å²) in [7, 11) is -2.68. The van der Waals surface area contributed by atoms with Crippen molar-refractivity contribution in [3.8, 4) is 34.5 Å². The van der Waals surface area contributed by atoms with Crippen LogP contribution < -0.4 is 68.9 Å². The summed E-state index contributed by atoms with van der Waals surface area (Å²) in [5.74, 6) is 1.18. The van der Waals surface area contributed by atoms with Crippen LogP contribution >= 0.6 is 25.3 Å². The van der Waals surface area contributed by atoms with Gasteiger partial charge in [-0.25, -0.2) is 0 Å². The molecule has 0 saturated heterocycles. The van der Waals surface area contributed by atoms with Crippen molar-refractivity contribution in [1.29, 1.82) is 0 Å². The molecular formula is C105H116N8O20S4. The number of hydrogen-bond donors (Lipinski definition) is 6. The van der Waals surface area contributed by atoms with Gasteiger partial charge >= 0.3 is 0 Å². The average Bonchev–Trinajstić information content (AvgIpc) is 1.60. The zero-order valence-corrected chi connectivity index (χ0v) is 81.9. The molecule has 8 heterocycles. The van der Waals surface area contributed by atoms with Gasteiger partial charge in [0.25, 0.3) is 43.9 Å². The quantitative estimate of drug-likeness (QED) is 0.00944. The van der Waals surface area contributed by atoms with Gasteiger partial charge in [0.1, 0.15) is 43.2 Å². The summed E-state index contributed by atoms with van der Waals surface area (Å²) in [6.07, 6.45) is 4.89. The van der Waals surface area contributed by atoms with E-state index in [1.807, 2.05) is 159 Å². The number of nitrogens with zero attached hydrogens (tertiary/aromatic N) is 5. The number of methoxy groups -OCH3 is 3. The van der Waals surface area contributed by atoms with Gasteiger partial charge < -0.3 is 83.1 Å².